The van der Waals surface area contributed by atoms with Crippen molar-refractivity contribution in [3.8, 4) is 0 Å². The van der Waals surface area contributed by atoms with Gasteiger partial charge < -0.3 is 15.1 Å². The minimum absolute atomic E-state index is 0.131. The van der Waals surface area contributed by atoms with E-state index in [2.05, 4.69) is 36.1 Å². The third kappa shape index (κ3) is 3.25. The molecular weight excluding hydrogens is 350 g/mol. The number of fused-ring (bicyclic) bond motifs is 1. The van der Waals surface area contributed by atoms with Crippen molar-refractivity contribution in [1.82, 2.24) is 0 Å². The molecule has 2 unspecified atom stereocenters. The van der Waals surface area contributed by atoms with Gasteiger partial charge in [0.15, 0.2) is 5.78 Å². The van der Waals surface area contributed by atoms with E-state index in [-0.39, 0.29) is 11.8 Å². The van der Waals surface area contributed by atoms with E-state index >= 15 is 0 Å². The maximum atomic E-state index is 12.9. The minimum atomic E-state index is -0.704. The largest absolute Gasteiger partial charge is 0.472 e. The summed E-state index contributed by atoms with van der Waals surface area (Å²) in [5, 5.41) is 0. The van der Waals surface area contributed by atoms with Crippen molar-refractivity contribution >= 4 is 17.2 Å². The van der Waals surface area contributed by atoms with Crippen LogP contribution in [0.3, 0.4) is 0 Å². The predicted octanol–water partition coefficient (Wildman–Crippen LogP) is 3.54. The van der Waals surface area contributed by atoms with Crippen molar-refractivity contribution < 1.29 is 9.21 Å². The summed E-state index contributed by atoms with van der Waals surface area (Å²) in [6, 6.07) is 19.0. The number of nitrogens with zero attached hydrogens (tertiary/aromatic N) is 2. The molecule has 2 atom stereocenters. The molecule has 1 aliphatic heterocycles. The summed E-state index contributed by atoms with van der Waals surface area (Å²) in [5.41, 5.74) is 11.0. The minimum Gasteiger partial charge on any atom is -0.472 e. The number of para-hydroxylation sites is 1. The van der Waals surface area contributed by atoms with Crippen molar-refractivity contribution in [2.45, 2.75) is 19.0 Å². The molecule has 28 heavy (non-hydrogen) atoms. The Morgan fingerprint density at radius 3 is 2.64 bits per heavy atom. The molecular formula is C23H23N3O2. The molecule has 2 N–H and O–H groups in total. The number of furan rings is 1. The molecule has 0 saturated heterocycles. The van der Waals surface area contributed by atoms with Gasteiger partial charge in [-0.2, -0.15) is 0 Å². The third-order valence-corrected chi connectivity index (χ3v) is 5.22. The zero-order valence-electron chi connectivity index (χ0n) is 15.8. The van der Waals surface area contributed by atoms with Crippen LogP contribution in [0.4, 0.5) is 5.69 Å². The van der Waals surface area contributed by atoms with Crippen LogP contribution in [0, 0.1) is 0 Å². The molecule has 0 radical (unpaired) electrons. The summed E-state index contributed by atoms with van der Waals surface area (Å²) in [5.74, 6) is -0.131. The van der Waals surface area contributed by atoms with Crippen LogP contribution < -0.4 is 10.6 Å². The van der Waals surface area contributed by atoms with Crippen LogP contribution in [0.1, 0.15) is 28.4 Å². The molecule has 0 fully saturated rings. The fourth-order valence-corrected chi connectivity index (χ4v) is 3.80. The van der Waals surface area contributed by atoms with Crippen molar-refractivity contribution in [3.05, 3.63) is 89.9 Å². The Bertz CT molecular complexity index is 980. The highest BCUT2D eigenvalue weighted by Gasteiger charge is 2.33. The first kappa shape index (κ1) is 18.2. The lowest BCUT2D eigenvalue weighted by atomic mass is 9.97. The van der Waals surface area contributed by atoms with Gasteiger partial charge in [0.1, 0.15) is 6.26 Å². The average molecular weight is 373 g/mol. The molecule has 1 aromatic heterocycles. The van der Waals surface area contributed by atoms with E-state index in [1.54, 1.807) is 6.07 Å². The van der Waals surface area contributed by atoms with E-state index in [1.807, 2.05) is 30.3 Å². The topological polar surface area (TPSA) is 71.8 Å². The van der Waals surface area contributed by atoms with Crippen LogP contribution >= 0.6 is 0 Å². The maximum Gasteiger partial charge on any atom is 0.184 e. The van der Waals surface area contributed by atoms with E-state index < -0.39 is 6.04 Å². The van der Waals surface area contributed by atoms with Gasteiger partial charge in [0.25, 0.3) is 0 Å². The fourth-order valence-electron chi connectivity index (χ4n) is 3.80. The van der Waals surface area contributed by atoms with Crippen molar-refractivity contribution in [2.24, 2.45) is 10.7 Å². The van der Waals surface area contributed by atoms with Crippen molar-refractivity contribution in [1.29, 1.82) is 0 Å². The number of Topliss-reactive ketones (excluding diaryl/α,β-unsaturated/α-hetero) is 1. The quantitative estimate of drug-likeness (QED) is 0.695. The first-order valence-electron chi connectivity index (χ1n) is 9.48. The molecule has 3 aromatic rings. The summed E-state index contributed by atoms with van der Waals surface area (Å²) in [4.78, 5) is 20.0. The summed E-state index contributed by atoms with van der Waals surface area (Å²) in [6.07, 6.45) is 2.94. The highest BCUT2D eigenvalue weighted by atomic mass is 16.3. The Labute approximate surface area is 164 Å². The Kier molecular flexibility index (Phi) is 5.08. The second-order valence-electron chi connectivity index (χ2n) is 6.83. The van der Waals surface area contributed by atoms with E-state index in [0.717, 1.165) is 29.1 Å². The zero-order valence-corrected chi connectivity index (χ0v) is 15.8. The first-order chi connectivity index (χ1) is 13.7. The number of benzodiazepines with no additional fused rings is 1. The van der Waals surface area contributed by atoms with E-state index in [1.165, 1.54) is 12.5 Å². The monoisotopic (exact) mass is 373 g/mol. The number of hydrogen-bond acceptors (Lipinski definition) is 5. The molecule has 0 aliphatic carbocycles. The number of likely N-dealkylation sites (N-methyl/N-ethyl adjacent to an activating group) is 1. The number of carbonyl (C=O) groups excluding carboxylic acids is 1. The predicted molar refractivity (Wildman–Crippen MR) is 111 cm³/mol. The fraction of sp³-hybridized carbons (Fsp3) is 0.217. The van der Waals surface area contributed by atoms with Crippen LogP contribution in [-0.4, -0.2) is 36.7 Å². The standard InChI is InChI=1S/C23H23N3O2/c1-2-26-19-11-7-6-10-18(19)22(16-8-4-3-5-9-16)25-14-20(26)21(24)23(27)17-12-13-28-15-17/h3-13,15,20-21H,2,14,24H2,1H3. The number of ketones is 1. The number of carbonyl (C=O) groups is 1. The van der Waals surface area contributed by atoms with Crippen molar-refractivity contribution in [3.63, 3.8) is 0 Å². The molecule has 0 bridgehead atoms. The molecule has 142 valence electrons. The van der Waals surface area contributed by atoms with Gasteiger partial charge in [-0.15, -0.1) is 0 Å². The number of nitrogens with two attached hydrogens (primary N) is 1. The molecule has 0 spiro atoms. The Morgan fingerprint density at radius 2 is 1.93 bits per heavy atom. The van der Waals surface area contributed by atoms with Gasteiger partial charge in [0.2, 0.25) is 0 Å². The molecule has 0 amide bonds. The van der Waals surface area contributed by atoms with Gasteiger partial charge in [-0.1, -0.05) is 48.5 Å². The van der Waals surface area contributed by atoms with Gasteiger partial charge in [0.05, 0.1) is 36.2 Å². The summed E-state index contributed by atoms with van der Waals surface area (Å²) in [6.45, 7) is 3.25. The Morgan fingerprint density at radius 1 is 1.18 bits per heavy atom. The van der Waals surface area contributed by atoms with Gasteiger partial charge >= 0.3 is 0 Å². The Balaban J connectivity index is 1.78. The number of aliphatic imine (C=N–C) groups is 1. The first-order valence-corrected chi connectivity index (χ1v) is 9.48. The average Bonchev–Trinajstić information content (AvgIpc) is 3.23. The van der Waals surface area contributed by atoms with Gasteiger partial charge in [-0.3, -0.25) is 9.79 Å². The number of rotatable bonds is 5. The molecule has 5 heteroatoms. The summed E-state index contributed by atoms with van der Waals surface area (Å²) < 4.78 is 5.06. The van der Waals surface area contributed by atoms with Gasteiger partial charge in [0, 0.05) is 23.4 Å². The molecule has 2 aromatic carbocycles. The third-order valence-electron chi connectivity index (χ3n) is 5.22. The second kappa shape index (κ2) is 7.82. The molecule has 2 heterocycles. The summed E-state index contributed by atoms with van der Waals surface area (Å²) >= 11 is 0. The van der Waals surface area contributed by atoms with Crippen LogP contribution in [0.25, 0.3) is 0 Å². The van der Waals surface area contributed by atoms with Crippen LogP contribution in [0.15, 0.2) is 82.6 Å². The molecule has 0 saturated carbocycles. The number of hydrogen-bond donors (Lipinski definition) is 1. The van der Waals surface area contributed by atoms with E-state index in [9.17, 15) is 4.79 Å². The SMILES string of the molecule is CCN1c2ccccc2C(c2ccccc2)=NCC1C(N)C(=O)c1ccoc1. The lowest BCUT2D eigenvalue weighted by Gasteiger charge is -2.34. The number of benzene rings is 2. The van der Waals surface area contributed by atoms with Crippen LogP contribution in [0.2, 0.25) is 0 Å². The lowest BCUT2D eigenvalue weighted by Crippen LogP contribution is -2.53. The normalized spacial score (nSPS) is 17.4. The van der Waals surface area contributed by atoms with Crippen LogP contribution in [0.5, 0.6) is 0 Å². The molecule has 1 aliphatic rings. The van der Waals surface area contributed by atoms with Crippen molar-refractivity contribution in [2.75, 3.05) is 18.0 Å². The van der Waals surface area contributed by atoms with Crippen LogP contribution in [-0.2, 0) is 0 Å². The van der Waals surface area contributed by atoms with E-state index in [0.29, 0.717) is 12.1 Å². The van der Waals surface area contributed by atoms with E-state index in [4.69, 9.17) is 15.1 Å². The summed E-state index contributed by atoms with van der Waals surface area (Å²) in [7, 11) is 0. The highest BCUT2D eigenvalue weighted by molar-refractivity contribution is 6.16. The smallest absolute Gasteiger partial charge is 0.184 e. The Hall–Kier alpha value is -3.18. The molecule has 5 nitrogen and oxygen atoms in total. The maximum absolute atomic E-state index is 12.9. The molecule has 4 rings (SSSR count). The van der Waals surface area contributed by atoms with Gasteiger partial charge in [-0.25, -0.2) is 0 Å². The zero-order chi connectivity index (χ0) is 19.5. The number of anilines is 1. The second-order valence-corrected chi connectivity index (χ2v) is 6.83. The lowest BCUT2D eigenvalue weighted by molar-refractivity contribution is 0.0948. The highest BCUT2D eigenvalue weighted by Crippen LogP contribution is 2.29. The van der Waals surface area contributed by atoms with Gasteiger partial charge in [-0.05, 0) is 19.1 Å².